The van der Waals surface area contributed by atoms with Crippen LogP contribution in [-0.2, 0) is 13.5 Å². The number of aromatic nitrogens is 3. The van der Waals surface area contributed by atoms with Crippen molar-refractivity contribution in [3.05, 3.63) is 47.0 Å². The average Bonchev–Trinajstić information content (AvgIpc) is 2.72. The van der Waals surface area contributed by atoms with Crippen LogP contribution in [0.15, 0.2) is 24.7 Å². The van der Waals surface area contributed by atoms with Gasteiger partial charge in [-0.1, -0.05) is 6.07 Å². The molecule has 1 N–H and O–H groups in total. The minimum absolute atomic E-state index is 0.231. The molecule has 0 spiro atoms. The standard InChI is InChI=1S/C14H20N4/c1-10-5-11(2)14(16-7-10)13(15-3)6-12-8-17-18(4)9-12/h5,7-9,13,15H,6H2,1-4H3. The van der Waals surface area contributed by atoms with Gasteiger partial charge in [0.15, 0.2) is 0 Å². The van der Waals surface area contributed by atoms with Crippen LogP contribution < -0.4 is 5.32 Å². The van der Waals surface area contributed by atoms with Crippen LogP contribution in [0.1, 0.15) is 28.4 Å². The first-order chi connectivity index (χ1) is 8.60. The van der Waals surface area contributed by atoms with Gasteiger partial charge in [-0.3, -0.25) is 9.67 Å². The molecule has 2 heterocycles. The molecule has 18 heavy (non-hydrogen) atoms. The molecule has 0 saturated carbocycles. The zero-order valence-electron chi connectivity index (χ0n) is 11.4. The second-order valence-corrected chi connectivity index (χ2v) is 4.78. The maximum Gasteiger partial charge on any atom is 0.0605 e. The van der Waals surface area contributed by atoms with Crippen molar-refractivity contribution in [1.82, 2.24) is 20.1 Å². The van der Waals surface area contributed by atoms with Crippen molar-refractivity contribution < 1.29 is 0 Å². The van der Waals surface area contributed by atoms with Crippen molar-refractivity contribution in [1.29, 1.82) is 0 Å². The Morgan fingerprint density at radius 3 is 2.67 bits per heavy atom. The van der Waals surface area contributed by atoms with Gasteiger partial charge in [-0.25, -0.2) is 0 Å². The molecule has 0 aromatic carbocycles. The van der Waals surface area contributed by atoms with E-state index in [1.807, 2.05) is 37.4 Å². The summed E-state index contributed by atoms with van der Waals surface area (Å²) in [5.41, 5.74) is 4.77. The maximum absolute atomic E-state index is 4.56. The van der Waals surface area contributed by atoms with Crippen LogP contribution >= 0.6 is 0 Å². The van der Waals surface area contributed by atoms with Crippen LogP contribution in [0.4, 0.5) is 0 Å². The van der Waals surface area contributed by atoms with E-state index in [-0.39, 0.29) is 6.04 Å². The van der Waals surface area contributed by atoms with Crippen molar-refractivity contribution in [2.24, 2.45) is 7.05 Å². The molecule has 96 valence electrons. The van der Waals surface area contributed by atoms with Gasteiger partial charge in [0.1, 0.15) is 0 Å². The number of pyridine rings is 1. The van der Waals surface area contributed by atoms with Gasteiger partial charge in [0.05, 0.1) is 17.9 Å². The summed E-state index contributed by atoms with van der Waals surface area (Å²) in [6, 6.07) is 2.41. The molecular weight excluding hydrogens is 224 g/mol. The molecule has 0 aliphatic rings. The van der Waals surface area contributed by atoms with Crippen LogP contribution in [-0.4, -0.2) is 21.8 Å². The summed E-state index contributed by atoms with van der Waals surface area (Å²) >= 11 is 0. The van der Waals surface area contributed by atoms with Crippen LogP contribution in [0.3, 0.4) is 0 Å². The topological polar surface area (TPSA) is 42.7 Å². The lowest BCUT2D eigenvalue weighted by molar-refractivity contribution is 0.571. The van der Waals surface area contributed by atoms with Gasteiger partial charge in [-0.15, -0.1) is 0 Å². The number of nitrogens with zero attached hydrogens (tertiary/aromatic N) is 3. The van der Waals surface area contributed by atoms with Crippen LogP contribution in [0, 0.1) is 13.8 Å². The minimum Gasteiger partial charge on any atom is -0.311 e. The first-order valence-electron chi connectivity index (χ1n) is 6.18. The fourth-order valence-electron chi connectivity index (χ4n) is 2.24. The molecule has 2 aromatic rings. The highest BCUT2D eigenvalue weighted by molar-refractivity contribution is 5.27. The number of aryl methyl sites for hydroxylation is 3. The molecule has 0 saturated heterocycles. The van der Waals surface area contributed by atoms with Crippen LogP contribution in [0.2, 0.25) is 0 Å². The Kier molecular flexibility index (Phi) is 3.77. The van der Waals surface area contributed by atoms with Crippen molar-refractivity contribution in [2.75, 3.05) is 7.05 Å². The summed E-state index contributed by atoms with van der Waals surface area (Å²) in [7, 11) is 3.91. The Labute approximate surface area is 108 Å². The van der Waals surface area contributed by atoms with Crippen molar-refractivity contribution >= 4 is 0 Å². The van der Waals surface area contributed by atoms with E-state index in [0.29, 0.717) is 0 Å². The predicted molar refractivity (Wildman–Crippen MR) is 72.4 cm³/mol. The van der Waals surface area contributed by atoms with Crippen LogP contribution in [0.25, 0.3) is 0 Å². The smallest absolute Gasteiger partial charge is 0.0605 e. The van der Waals surface area contributed by atoms with E-state index in [1.54, 1.807) is 0 Å². The maximum atomic E-state index is 4.56. The highest BCUT2D eigenvalue weighted by Crippen LogP contribution is 2.19. The third-order valence-electron chi connectivity index (χ3n) is 3.13. The van der Waals surface area contributed by atoms with E-state index in [4.69, 9.17) is 0 Å². The van der Waals surface area contributed by atoms with E-state index in [0.717, 1.165) is 12.1 Å². The van der Waals surface area contributed by atoms with Crippen LogP contribution in [0.5, 0.6) is 0 Å². The molecule has 4 heteroatoms. The molecular formula is C14H20N4. The molecule has 0 aliphatic heterocycles. The van der Waals surface area contributed by atoms with Gasteiger partial charge in [0, 0.05) is 19.4 Å². The molecule has 2 rings (SSSR count). The fourth-order valence-corrected chi connectivity index (χ4v) is 2.24. The first kappa shape index (κ1) is 12.8. The van der Waals surface area contributed by atoms with Crippen molar-refractivity contribution in [2.45, 2.75) is 26.3 Å². The molecule has 0 bridgehead atoms. The zero-order chi connectivity index (χ0) is 13.1. The summed E-state index contributed by atoms with van der Waals surface area (Å²) in [5, 5.41) is 7.54. The van der Waals surface area contributed by atoms with Gasteiger partial charge in [-0.05, 0) is 44.0 Å². The summed E-state index contributed by atoms with van der Waals surface area (Å²) in [6.07, 6.45) is 6.79. The monoisotopic (exact) mass is 244 g/mol. The van der Waals surface area contributed by atoms with Crippen molar-refractivity contribution in [3.8, 4) is 0 Å². The number of rotatable bonds is 4. The second-order valence-electron chi connectivity index (χ2n) is 4.78. The van der Waals surface area contributed by atoms with Gasteiger partial charge in [0.2, 0.25) is 0 Å². The predicted octanol–water partition coefficient (Wildman–Crippen LogP) is 1.94. The highest BCUT2D eigenvalue weighted by Gasteiger charge is 2.14. The molecule has 0 amide bonds. The molecule has 0 aliphatic carbocycles. The number of likely N-dealkylation sites (N-methyl/N-ethyl adjacent to an activating group) is 1. The zero-order valence-corrected chi connectivity index (χ0v) is 11.4. The quantitative estimate of drug-likeness (QED) is 0.893. The van der Waals surface area contributed by atoms with E-state index >= 15 is 0 Å². The Balaban J connectivity index is 2.22. The third-order valence-corrected chi connectivity index (χ3v) is 3.13. The summed E-state index contributed by atoms with van der Waals surface area (Å²) < 4.78 is 1.83. The SMILES string of the molecule is CNC(Cc1cnn(C)c1)c1ncc(C)cc1C. The summed E-state index contributed by atoms with van der Waals surface area (Å²) in [5.74, 6) is 0. The van der Waals surface area contributed by atoms with E-state index in [1.165, 1.54) is 16.7 Å². The molecule has 1 atom stereocenters. The highest BCUT2D eigenvalue weighted by atomic mass is 15.2. The summed E-state index contributed by atoms with van der Waals surface area (Å²) in [4.78, 5) is 4.56. The molecule has 2 aromatic heterocycles. The lowest BCUT2D eigenvalue weighted by Gasteiger charge is -2.17. The van der Waals surface area contributed by atoms with E-state index in [2.05, 4.69) is 35.3 Å². The molecule has 1 unspecified atom stereocenters. The minimum atomic E-state index is 0.231. The van der Waals surface area contributed by atoms with Gasteiger partial charge in [-0.2, -0.15) is 5.10 Å². The number of hydrogen-bond donors (Lipinski definition) is 1. The van der Waals surface area contributed by atoms with Gasteiger partial charge >= 0.3 is 0 Å². The van der Waals surface area contributed by atoms with E-state index < -0.39 is 0 Å². The lowest BCUT2D eigenvalue weighted by Crippen LogP contribution is -2.21. The Morgan fingerprint density at radius 1 is 1.33 bits per heavy atom. The number of hydrogen-bond acceptors (Lipinski definition) is 3. The van der Waals surface area contributed by atoms with Crippen molar-refractivity contribution in [3.63, 3.8) is 0 Å². The van der Waals surface area contributed by atoms with E-state index in [9.17, 15) is 0 Å². The molecule has 0 radical (unpaired) electrons. The van der Waals surface area contributed by atoms with Gasteiger partial charge < -0.3 is 5.32 Å². The average molecular weight is 244 g/mol. The second kappa shape index (κ2) is 5.31. The largest absolute Gasteiger partial charge is 0.311 e. The fraction of sp³-hybridized carbons (Fsp3) is 0.429. The third kappa shape index (κ3) is 2.76. The summed E-state index contributed by atoms with van der Waals surface area (Å²) in [6.45, 7) is 4.18. The van der Waals surface area contributed by atoms with Gasteiger partial charge in [0.25, 0.3) is 0 Å². The normalized spacial score (nSPS) is 12.7. The Hall–Kier alpha value is -1.68. The first-order valence-corrected chi connectivity index (χ1v) is 6.18. The molecule has 0 fully saturated rings. The Bertz CT molecular complexity index is 530. The number of nitrogens with one attached hydrogen (secondary N) is 1. The lowest BCUT2D eigenvalue weighted by atomic mass is 10.0. The Morgan fingerprint density at radius 2 is 2.11 bits per heavy atom. The molecule has 4 nitrogen and oxygen atoms in total.